The highest BCUT2D eigenvalue weighted by molar-refractivity contribution is 6.46. The molecule has 1 atom stereocenters. The highest BCUT2D eigenvalue weighted by Crippen LogP contribution is 2.43. The van der Waals surface area contributed by atoms with Gasteiger partial charge in [0, 0.05) is 23.7 Å². The van der Waals surface area contributed by atoms with E-state index in [4.69, 9.17) is 9.47 Å². The zero-order valence-corrected chi connectivity index (χ0v) is 16.5. The van der Waals surface area contributed by atoms with Gasteiger partial charge in [-0.15, -0.1) is 0 Å². The second-order valence-electron chi connectivity index (χ2n) is 6.69. The number of ketones is 1. The molecule has 0 aromatic heterocycles. The molecule has 0 bridgehead atoms. The number of carbonyl (C=O) groups excluding carboxylic acids is 2. The molecule has 1 heterocycles. The molecule has 0 unspecified atom stereocenters. The molecule has 0 spiro atoms. The van der Waals surface area contributed by atoms with Crippen molar-refractivity contribution in [2.24, 2.45) is 0 Å². The van der Waals surface area contributed by atoms with Crippen molar-refractivity contribution in [3.63, 3.8) is 0 Å². The number of β-amino-alcohol motifs (C(OH)–C–C–N with tert-alkyl or cyclic N) is 1. The van der Waals surface area contributed by atoms with Crippen molar-refractivity contribution in [2.75, 3.05) is 27.4 Å². The van der Waals surface area contributed by atoms with Gasteiger partial charge >= 0.3 is 0 Å². The molecule has 1 aliphatic heterocycles. The first-order valence-electron chi connectivity index (χ1n) is 9.11. The molecule has 2 N–H and O–H groups in total. The van der Waals surface area contributed by atoms with Gasteiger partial charge in [0.25, 0.3) is 11.7 Å². The summed E-state index contributed by atoms with van der Waals surface area (Å²) in [4.78, 5) is 26.7. The Balaban J connectivity index is 2.23. The normalized spacial score (nSPS) is 18.2. The van der Waals surface area contributed by atoms with E-state index in [1.807, 2.05) is 19.1 Å². The van der Waals surface area contributed by atoms with Crippen LogP contribution in [-0.2, 0) is 9.59 Å². The molecule has 2 aromatic carbocycles. The van der Waals surface area contributed by atoms with E-state index in [9.17, 15) is 19.8 Å². The van der Waals surface area contributed by atoms with Crippen LogP contribution in [0.1, 0.15) is 22.7 Å². The van der Waals surface area contributed by atoms with Crippen LogP contribution in [0.4, 0.5) is 0 Å². The molecule has 152 valence electrons. The number of methoxy groups -OCH3 is 2. The number of ether oxygens (including phenoxy) is 2. The number of likely N-dealkylation sites (tertiary alicyclic amines) is 1. The zero-order chi connectivity index (χ0) is 21.1. The predicted octanol–water partition coefficient (Wildman–Crippen LogP) is 2.43. The average Bonchev–Trinajstić information content (AvgIpc) is 2.98. The number of amides is 1. The predicted molar refractivity (Wildman–Crippen MR) is 107 cm³/mol. The van der Waals surface area contributed by atoms with Crippen LogP contribution in [0.25, 0.3) is 5.76 Å². The molecule has 7 heteroatoms. The quantitative estimate of drug-likeness (QED) is 0.442. The Morgan fingerprint density at radius 3 is 2.34 bits per heavy atom. The van der Waals surface area contributed by atoms with Crippen molar-refractivity contribution in [3.05, 3.63) is 64.7 Å². The Morgan fingerprint density at radius 2 is 1.76 bits per heavy atom. The summed E-state index contributed by atoms with van der Waals surface area (Å²) in [5, 5.41) is 20.4. The first kappa shape index (κ1) is 20.4. The molecule has 0 saturated carbocycles. The molecule has 29 heavy (non-hydrogen) atoms. The average molecular weight is 397 g/mol. The third kappa shape index (κ3) is 3.69. The van der Waals surface area contributed by atoms with Crippen LogP contribution in [0.2, 0.25) is 0 Å². The van der Waals surface area contributed by atoms with Crippen LogP contribution in [0, 0.1) is 6.92 Å². The fourth-order valence-electron chi connectivity index (χ4n) is 3.45. The second-order valence-corrected chi connectivity index (χ2v) is 6.69. The molecule has 0 aliphatic carbocycles. The largest absolute Gasteiger partial charge is 0.507 e. The van der Waals surface area contributed by atoms with E-state index >= 15 is 0 Å². The topological polar surface area (TPSA) is 96.3 Å². The van der Waals surface area contributed by atoms with Gasteiger partial charge < -0.3 is 24.6 Å². The minimum atomic E-state index is -0.899. The van der Waals surface area contributed by atoms with Gasteiger partial charge in [-0.3, -0.25) is 9.59 Å². The standard InChI is InChI=1S/C22H23NO6/c1-13-4-6-14(7-5-13)20(25)18-19(23(10-11-24)22(27)21(18)26)16-9-8-15(28-2)12-17(16)29-3/h4-9,12,19,24-25H,10-11H2,1-3H3/t19-/m0/s1. The third-order valence-corrected chi connectivity index (χ3v) is 4.94. The van der Waals surface area contributed by atoms with Crippen LogP contribution in [0.5, 0.6) is 11.5 Å². The summed E-state index contributed by atoms with van der Waals surface area (Å²) in [6, 6.07) is 11.1. The summed E-state index contributed by atoms with van der Waals surface area (Å²) in [6.07, 6.45) is 0. The highest BCUT2D eigenvalue weighted by Gasteiger charge is 2.46. The molecular formula is C22H23NO6. The number of Topliss-reactive ketones (excluding diaryl/α,β-unsaturated/α-hetero) is 1. The molecule has 0 radical (unpaired) electrons. The number of hydrogen-bond acceptors (Lipinski definition) is 6. The number of aliphatic hydroxyl groups is 2. The minimum Gasteiger partial charge on any atom is -0.507 e. The lowest BCUT2D eigenvalue weighted by molar-refractivity contribution is -0.140. The summed E-state index contributed by atoms with van der Waals surface area (Å²) < 4.78 is 10.7. The van der Waals surface area contributed by atoms with E-state index in [0.29, 0.717) is 22.6 Å². The lowest BCUT2D eigenvalue weighted by Crippen LogP contribution is -2.32. The Bertz CT molecular complexity index is 964. The van der Waals surface area contributed by atoms with E-state index < -0.39 is 17.7 Å². The first-order valence-corrected chi connectivity index (χ1v) is 9.11. The number of carbonyl (C=O) groups is 2. The number of aliphatic hydroxyl groups excluding tert-OH is 2. The van der Waals surface area contributed by atoms with Gasteiger partial charge in [-0.2, -0.15) is 0 Å². The van der Waals surface area contributed by atoms with E-state index in [2.05, 4.69) is 0 Å². The number of rotatable bonds is 6. The Hall–Kier alpha value is -3.32. The van der Waals surface area contributed by atoms with E-state index in [0.717, 1.165) is 5.56 Å². The smallest absolute Gasteiger partial charge is 0.295 e. The van der Waals surface area contributed by atoms with Gasteiger partial charge in [-0.1, -0.05) is 29.8 Å². The molecule has 1 fully saturated rings. The lowest BCUT2D eigenvalue weighted by atomic mass is 9.94. The van der Waals surface area contributed by atoms with Gasteiger partial charge in [0.1, 0.15) is 17.3 Å². The Kier molecular flexibility index (Phi) is 5.89. The van der Waals surface area contributed by atoms with Crippen molar-refractivity contribution in [1.82, 2.24) is 4.90 Å². The molecule has 3 rings (SSSR count). The summed E-state index contributed by atoms with van der Waals surface area (Å²) in [5.41, 5.74) is 1.89. The number of nitrogens with zero attached hydrogens (tertiary/aromatic N) is 1. The molecule has 7 nitrogen and oxygen atoms in total. The van der Waals surface area contributed by atoms with Crippen LogP contribution < -0.4 is 9.47 Å². The SMILES string of the molecule is COc1ccc([C@H]2C(=C(O)c3ccc(C)cc3)C(=O)C(=O)N2CCO)c(OC)c1. The number of hydrogen-bond donors (Lipinski definition) is 2. The Labute approximate surface area is 168 Å². The van der Waals surface area contributed by atoms with Gasteiger partial charge in [0.2, 0.25) is 0 Å². The summed E-state index contributed by atoms with van der Waals surface area (Å²) in [5.74, 6) is -0.918. The van der Waals surface area contributed by atoms with Gasteiger partial charge in [0.15, 0.2) is 0 Å². The van der Waals surface area contributed by atoms with Crippen molar-refractivity contribution >= 4 is 17.4 Å². The lowest BCUT2D eigenvalue weighted by Gasteiger charge is -2.26. The molecule has 2 aromatic rings. The third-order valence-electron chi connectivity index (χ3n) is 4.94. The van der Waals surface area contributed by atoms with Gasteiger partial charge in [-0.05, 0) is 19.1 Å². The summed E-state index contributed by atoms with van der Waals surface area (Å²) >= 11 is 0. The van der Waals surface area contributed by atoms with Crippen LogP contribution in [-0.4, -0.2) is 54.2 Å². The van der Waals surface area contributed by atoms with Crippen molar-refractivity contribution in [2.45, 2.75) is 13.0 Å². The first-order chi connectivity index (χ1) is 13.9. The molecular weight excluding hydrogens is 374 g/mol. The van der Waals surface area contributed by atoms with Crippen molar-refractivity contribution in [1.29, 1.82) is 0 Å². The van der Waals surface area contributed by atoms with Crippen LogP contribution in [0.15, 0.2) is 48.0 Å². The van der Waals surface area contributed by atoms with E-state index in [1.165, 1.54) is 19.1 Å². The zero-order valence-electron chi connectivity index (χ0n) is 16.5. The van der Waals surface area contributed by atoms with Gasteiger partial charge in [-0.25, -0.2) is 0 Å². The minimum absolute atomic E-state index is 0.0456. The van der Waals surface area contributed by atoms with Crippen LogP contribution in [0.3, 0.4) is 0 Å². The maximum absolute atomic E-state index is 12.8. The molecule has 1 amide bonds. The summed E-state index contributed by atoms with van der Waals surface area (Å²) in [7, 11) is 2.99. The van der Waals surface area contributed by atoms with E-state index in [-0.39, 0.29) is 24.5 Å². The number of aryl methyl sites for hydroxylation is 1. The van der Waals surface area contributed by atoms with Crippen molar-refractivity contribution < 1.29 is 29.3 Å². The van der Waals surface area contributed by atoms with Crippen LogP contribution >= 0.6 is 0 Å². The maximum atomic E-state index is 12.8. The summed E-state index contributed by atoms with van der Waals surface area (Å²) in [6.45, 7) is 1.52. The second kappa shape index (κ2) is 8.36. The van der Waals surface area contributed by atoms with E-state index in [1.54, 1.807) is 30.3 Å². The fraction of sp³-hybridized carbons (Fsp3) is 0.273. The molecule has 1 aliphatic rings. The Morgan fingerprint density at radius 1 is 1.07 bits per heavy atom. The molecule has 1 saturated heterocycles. The van der Waals surface area contributed by atoms with Gasteiger partial charge in [0.05, 0.1) is 32.4 Å². The monoisotopic (exact) mass is 397 g/mol. The van der Waals surface area contributed by atoms with Crippen molar-refractivity contribution in [3.8, 4) is 11.5 Å². The fourth-order valence-corrected chi connectivity index (χ4v) is 3.45. The number of benzene rings is 2. The maximum Gasteiger partial charge on any atom is 0.295 e. The highest BCUT2D eigenvalue weighted by atomic mass is 16.5.